The number of carbonyl (C=O) groups is 2. The molecule has 0 spiro atoms. The van der Waals surface area contributed by atoms with Gasteiger partial charge < -0.3 is 23.3 Å². The predicted molar refractivity (Wildman–Crippen MR) is 23.5 cm³/mol. The van der Waals surface area contributed by atoms with E-state index in [-0.39, 0.29) is 106 Å². The van der Waals surface area contributed by atoms with Crippen LogP contribution < -0.4 is 103 Å². The monoisotopic (exact) mass is 204 g/mol. The fourth-order valence-corrected chi connectivity index (χ4v) is 0. The van der Waals surface area contributed by atoms with E-state index >= 15 is 0 Å². The van der Waals surface area contributed by atoms with Crippen LogP contribution in [0.4, 0.5) is 9.59 Å². The van der Waals surface area contributed by atoms with Crippen LogP contribution in [0.2, 0.25) is 0 Å². The Bertz CT molecular complexity index is 79.5. The topological polar surface area (TPSA) is 115 Å². The molecule has 0 amide bonds. The third kappa shape index (κ3) is 232. The molecule has 0 fully saturated rings. The van der Waals surface area contributed by atoms with Crippen molar-refractivity contribution in [2.45, 2.75) is 0 Å². The molecule has 0 aromatic carbocycles. The number of carboxylic acid groups (broad SMARTS) is 4. The molecule has 0 aromatic heterocycles. The fourth-order valence-electron chi connectivity index (χ4n) is 0. The second kappa shape index (κ2) is 17.1. The SMILES string of the molecule is O=C(O)O.O=C(O)O.[H-].[H-].[K+].[K+]. The summed E-state index contributed by atoms with van der Waals surface area (Å²) in [6.07, 6.45) is -3.67. The van der Waals surface area contributed by atoms with Gasteiger partial charge in [0.1, 0.15) is 0 Å². The van der Waals surface area contributed by atoms with Gasteiger partial charge >= 0.3 is 115 Å². The summed E-state index contributed by atoms with van der Waals surface area (Å²) in [5.41, 5.74) is 0. The summed E-state index contributed by atoms with van der Waals surface area (Å²) in [6.45, 7) is 0. The van der Waals surface area contributed by atoms with Crippen LogP contribution in [0.1, 0.15) is 2.85 Å². The van der Waals surface area contributed by atoms with Crippen LogP contribution in [0.3, 0.4) is 0 Å². The zero-order valence-electron chi connectivity index (χ0n) is 7.61. The molecular weight excluding hydrogens is 198 g/mol. The van der Waals surface area contributed by atoms with Gasteiger partial charge in [-0.05, 0) is 0 Å². The first-order valence-corrected chi connectivity index (χ1v) is 1.30. The molecule has 0 saturated heterocycles. The maximum absolute atomic E-state index is 8.56. The van der Waals surface area contributed by atoms with Gasteiger partial charge in [-0.3, -0.25) is 0 Å². The summed E-state index contributed by atoms with van der Waals surface area (Å²) < 4.78 is 0. The Morgan fingerprint density at radius 2 is 0.800 bits per heavy atom. The van der Waals surface area contributed by atoms with Crippen LogP contribution in [0.25, 0.3) is 0 Å². The minimum Gasteiger partial charge on any atom is -1.00 e. The summed E-state index contributed by atoms with van der Waals surface area (Å²) in [5, 5.41) is 27.9. The van der Waals surface area contributed by atoms with Crippen LogP contribution in [-0.2, 0) is 0 Å². The minimum absolute atomic E-state index is 0. The average Bonchev–Trinajstić information content (AvgIpc) is 1.25. The van der Waals surface area contributed by atoms with E-state index < -0.39 is 12.3 Å². The first-order chi connectivity index (χ1) is 3.46. The molecule has 0 heterocycles. The molecule has 0 unspecified atom stereocenters. The maximum atomic E-state index is 8.56. The van der Waals surface area contributed by atoms with Gasteiger partial charge in [0.05, 0.1) is 0 Å². The average molecular weight is 204 g/mol. The van der Waals surface area contributed by atoms with Crippen molar-refractivity contribution in [1.82, 2.24) is 0 Å². The first kappa shape index (κ1) is 22.6. The van der Waals surface area contributed by atoms with E-state index in [2.05, 4.69) is 0 Å². The zero-order valence-corrected chi connectivity index (χ0v) is 11.9. The Labute approximate surface area is 144 Å². The van der Waals surface area contributed by atoms with Crippen molar-refractivity contribution >= 4 is 12.3 Å². The van der Waals surface area contributed by atoms with E-state index in [4.69, 9.17) is 30.0 Å². The van der Waals surface area contributed by atoms with Crippen LogP contribution in [0, 0.1) is 0 Å². The Morgan fingerprint density at radius 3 is 0.800 bits per heavy atom. The van der Waals surface area contributed by atoms with E-state index in [9.17, 15) is 0 Å². The summed E-state index contributed by atoms with van der Waals surface area (Å²) in [6, 6.07) is 0. The van der Waals surface area contributed by atoms with Gasteiger partial charge in [0.15, 0.2) is 0 Å². The molecule has 52 valence electrons. The minimum atomic E-state index is -1.83. The molecule has 0 rings (SSSR count). The molecule has 0 aromatic rings. The van der Waals surface area contributed by atoms with E-state index in [0.717, 1.165) is 0 Å². The summed E-state index contributed by atoms with van der Waals surface area (Å²) in [7, 11) is 0. The molecule has 0 bridgehead atoms. The van der Waals surface area contributed by atoms with Crippen LogP contribution in [0.15, 0.2) is 0 Å². The largest absolute Gasteiger partial charge is 1.00 e. The van der Waals surface area contributed by atoms with Gasteiger partial charge in [0, 0.05) is 0 Å². The number of rotatable bonds is 0. The molecule has 0 radical (unpaired) electrons. The fraction of sp³-hybridized carbons (Fsp3) is 0. The molecule has 0 aliphatic heterocycles. The van der Waals surface area contributed by atoms with Crippen molar-refractivity contribution in [3.63, 3.8) is 0 Å². The van der Waals surface area contributed by atoms with E-state index in [0.29, 0.717) is 0 Å². The van der Waals surface area contributed by atoms with Gasteiger partial charge in [0.25, 0.3) is 0 Å². The van der Waals surface area contributed by atoms with Crippen LogP contribution in [-0.4, -0.2) is 32.7 Å². The summed E-state index contributed by atoms with van der Waals surface area (Å²) in [4.78, 5) is 17.1. The molecule has 0 aliphatic carbocycles. The van der Waals surface area contributed by atoms with Crippen molar-refractivity contribution in [3.05, 3.63) is 0 Å². The second-order valence-electron chi connectivity index (χ2n) is 0.565. The smallest absolute Gasteiger partial charge is 1.00 e. The van der Waals surface area contributed by atoms with Crippen LogP contribution >= 0.6 is 0 Å². The van der Waals surface area contributed by atoms with Gasteiger partial charge in [-0.15, -0.1) is 0 Å². The van der Waals surface area contributed by atoms with Gasteiger partial charge in [-0.25, -0.2) is 9.59 Å². The van der Waals surface area contributed by atoms with Crippen molar-refractivity contribution in [1.29, 1.82) is 0 Å². The molecule has 0 aliphatic rings. The third-order valence-corrected chi connectivity index (χ3v) is 0. The van der Waals surface area contributed by atoms with Crippen molar-refractivity contribution in [3.8, 4) is 0 Å². The number of hydrogen-bond donors (Lipinski definition) is 4. The maximum Gasteiger partial charge on any atom is 1.00 e. The summed E-state index contributed by atoms with van der Waals surface area (Å²) in [5.74, 6) is 0. The van der Waals surface area contributed by atoms with Crippen molar-refractivity contribution < 1.29 is 136 Å². The molecule has 4 N–H and O–H groups in total. The third-order valence-electron chi connectivity index (χ3n) is 0. The van der Waals surface area contributed by atoms with Gasteiger partial charge in [-0.1, -0.05) is 0 Å². The van der Waals surface area contributed by atoms with Crippen LogP contribution in [0.5, 0.6) is 0 Å². The van der Waals surface area contributed by atoms with E-state index in [1.54, 1.807) is 0 Å². The van der Waals surface area contributed by atoms with Crippen molar-refractivity contribution in [2.75, 3.05) is 0 Å². The molecule has 6 nitrogen and oxygen atoms in total. The Kier molecular flexibility index (Phi) is 38.6. The van der Waals surface area contributed by atoms with Gasteiger partial charge in [-0.2, -0.15) is 0 Å². The molecule has 0 saturated carbocycles. The normalized spacial score (nSPS) is 4.80. The zero-order chi connectivity index (χ0) is 7.15. The molecular formula is C2H6K2O6. The summed E-state index contributed by atoms with van der Waals surface area (Å²) >= 11 is 0. The Balaban J connectivity index is -0.0000000112. The quantitative estimate of drug-likeness (QED) is 0.293. The van der Waals surface area contributed by atoms with Gasteiger partial charge in [0.2, 0.25) is 0 Å². The Morgan fingerprint density at radius 1 is 0.800 bits per heavy atom. The molecule has 10 heavy (non-hydrogen) atoms. The van der Waals surface area contributed by atoms with E-state index in [1.807, 2.05) is 0 Å². The number of hydrogen-bond acceptors (Lipinski definition) is 2. The molecule has 0 atom stereocenters. The second-order valence-corrected chi connectivity index (χ2v) is 0.565. The van der Waals surface area contributed by atoms with Crippen molar-refractivity contribution in [2.24, 2.45) is 0 Å². The molecule has 8 heteroatoms. The van der Waals surface area contributed by atoms with E-state index in [1.165, 1.54) is 0 Å². The standard InChI is InChI=1S/2CH2O3.2K.2H/c2*2-1(3)4;;;;/h2*(H2,2,3,4);;;;/q;;2*+1;2*-1. The Hall–Kier alpha value is 1.81. The first-order valence-electron chi connectivity index (χ1n) is 1.30. The predicted octanol–water partition coefficient (Wildman–Crippen LogP) is -5.32.